The molecule has 3 heterocycles. The van der Waals surface area contributed by atoms with Crippen molar-refractivity contribution >= 4 is 11.5 Å². The Labute approximate surface area is 126 Å². The zero-order valence-corrected chi connectivity index (χ0v) is 12.8. The summed E-state index contributed by atoms with van der Waals surface area (Å²) in [5.74, 6) is 2.11. The Kier molecular flexibility index (Phi) is 3.34. The van der Waals surface area contributed by atoms with Crippen LogP contribution < -0.4 is 10.2 Å². The normalized spacial score (nSPS) is 25.5. The number of hydrogen-bond donors (Lipinski definition) is 1. The van der Waals surface area contributed by atoms with E-state index in [0.29, 0.717) is 0 Å². The molecular formula is C17H24N4. The van der Waals surface area contributed by atoms with E-state index < -0.39 is 0 Å². The Balaban J connectivity index is 1.77. The van der Waals surface area contributed by atoms with Gasteiger partial charge in [-0.15, -0.1) is 0 Å². The van der Waals surface area contributed by atoms with E-state index in [1.165, 1.54) is 50.2 Å². The van der Waals surface area contributed by atoms with Crippen molar-refractivity contribution in [3.05, 3.63) is 30.1 Å². The van der Waals surface area contributed by atoms with Gasteiger partial charge in [-0.3, -0.25) is 0 Å². The van der Waals surface area contributed by atoms with Crippen LogP contribution in [-0.4, -0.2) is 29.0 Å². The van der Waals surface area contributed by atoms with Crippen molar-refractivity contribution in [2.24, 2.45) is 5.92 Å². The van der Waals surface area contributed by atoms with Crippen molar-refractivity contribution < 1.29 is 0 Å². The standard InChI is InChI=1S/C17H24N4/c1-18-12-15-17(19-16-8-4-5-10-20(15)16)21-11-9-13-6-2-3-7-14(13)21/h4-5,8,10,13-14,18H,2-3,6-7,9,11-12H2,1H3. The van der Waals surface area contributed by atoms with E-state index in [0.717, 1.165) is 24.2 Å². The van der Waals surface area contributed by atoms with Crippen molar-refractivity contribution in [1.82, 2.24) is 14.7 Å². The molecule has 0 radical (unpaired) electrons. The summed E-state index contributed by atoms with van der Waals surface area (Å²) in [4.78, 5) is 7.55. The molecule has 2 aliphatic rings. The molecule has 0 spiro atoms. The third-order valence-electron chi connectivity index (χ3n) is 5.23. The molecule has 1 N–H and O–H groups in total. The molecule has 21 heavy (non-hydrogen) atoms. The molecular weight excluding hydrogens is 260 g/mol. The number of hydrogen-bond acceptors (Lipinski definition) is 3. The Morgan fingerprint density at radius 2 is 2.14 bits per heavy atom. The van der Waals surface area contributed by atoms with Crippen LogP contribution in [0.25, 0.3) is 5.65 Å². The predicted octanol–water partition coefficient (Wildman–Crippen LogP) is 2.82. The lowest BCUT2D eigenvalue weighted by molar-refractivity contribution is 0.341. The second-order valence-corrected chi connectivity index (χ2v) is 6.44. The fraction of sp³-hybridized carbons (Fsp3) is 0.588. The summed E-state index contributed by atoms with van der Waals surface area (Å²) in [6, 6.07) is 6.99. The SMILES string of the molecule is CNCc1c(N2CCC3CCCCC32)nc2ccccn12. The van der Waals surface area contributed by atoms with Crippen molar-refractivity contribution in [1.29, 1.82) is 0 Å². The Morgan fingerprint density at radius 3 is 3.05 bits per heavy atom. The second-order valence-electron chi connectivity index (χ2n) is 6.44. The summed E-state index contributed by atoms with van der Waals surface area (Å²) in [6.45, 7) is 2.05. The molecule has 4 nitrogen and oxygen atoms in total. The van der Waals surface area contributed by atoms with E-state index in [1.807, 2.05) is 7.05 Å². The average molecular weight is 284 g/mol. The molecule has 1 saturated heterocycles. The van der Waals surface area contributed by atoms with Crippen LogP contribution in [0, 0.1) is 5.92 Å². The fourth-order valence-electron chi connectivity index (χ4n) is 4.26. The maximum atomic E-state index is 4.95. The molecule has 2 fully saturated rings. The number of pyridine rings is 1. The molecule has 4 rings (SSSR count). The number of fused-ring (bicyclic) bond motifs is 2. The topological polar surface area (TPSA) is 32.6 Å². The van der Waals surface area contributed by atoms with Gasteiger partial charge in [0.05, 0.1) is 5.69 Å². The van der Waals surface area contributed by atoms with Gasteiger partial charge in [-0.25, -0.2) is 4.98 Å². The molecule has 2 aromatic rings. The van der Waals surface area contributed by atoms with Crippen LogP contribution in [0.2, 0.25) is 0 Å². The third kappa shape index (κ3) is 2.13. The van der Waals surface area contributed by atoms with Gasteiger partial charge in [-0.2, -0.15) is 0 Å². The van der Waals surface area contributed by atoms with E-state index in [9.17, 15) is 0 Å². The second kappa shape index (κ2) is 5.34. The van der Waals surface area contributed by atoms with E-state index in [4.69, 9.17) is 4.98 Å². The molecule has 112 valence electrons. The highest BCUT2D eigenvalue weighted by atomic mass is 15.3. The number of aromatic nitrogens is 2. The van der Waals surface area contributed by atoms with Crippen LogP contribution in [0.5, 0.6) is 0 Å². The minimum Gasteiger partial charge on any atom is -0.352 e. The van der Waals surface area contributed by atoms with Gasteiger partial charge in [-0.05, 0) is 44.4 Å². The third-order valence-corrected chi connectivity index (χ3v) is 5.23. The van der Waals surface area contributed by atoms with Crippen molar-refractivity contribution in [3.8, 4) is 0 Å². The van der Waals surface area contributed by atoms with E-state index >= 15 is 0 Å². The number of imidazole rings is 1. The van der Waals surface area contributed by atoms with Crippen molar-refractivity contribution in [2.75, 3.05) is 18.5 Å². The maximum absolute atomic E-state index is 4.95. The van der Waals surface area contributed by atoms with Crippen molar-refractivity contribution in [2.45, 2.75) is 44.7 Å². The monoisotopic (exact) mass is 284 g/mol. The van der Waals surface area contributed by atoms with Gasteiger partial charge < -0.3 is 14.6 Å². The first-order chi connectivity index (χ1) is 10.4. The molecule has 0 amide bonds. The molecule has 4 heteroatoms. The van der Waals surface area contributed by atoms with Crippen LogP contribution in [-0.2, 0) is 6.54 Å². The van der Waals surface area contributed by atoms with Crippen LogP contribution >= 0.6 is 0 Å². The summed E-state index contributed by atoms with van der Waals surface area (Å²) in [6.07, 6.45) is 9.04. The smallest absolute Gasteiger partial charge is 0.152 e. The van der Waals surface area contributed by atoms with Gasteiger partial charge in [0.2, 0.25) is 0 Å². The highest BCUT2D eigenvalue weighted by molar-refractivity contribution is 5.57. The first-order valence-electron chi connectivity index (χ1n) is 8.25. The first kappa shape index (κ1) is 13.1. The first-order valence-corrected chi connectivity index (χ1v) is 8.25. The predicted molar refractivity (Wildman–Crippen MR) is 85.7 cm³/mol. The molecule has 0 bridgehead atoms. The molecule has 2 aromatic heterocycles. The van der Waals surface area contributed by atoms with Gasteiger partial charge in [-0.1, -0.05) is 18.9 Å². The molecule has 0 aromatic carbocycles. The Hall–Kier alpha value is -1.55. The zero-order chi connectivity index (χ0) is 14.2. The van der Waals surface area contributed by atoms with Crippen LogP contribution in [0.1, 0.15) is 37.8 Å². The van der Waals surface area contributed by atoms with Crippen LogP contribution in [0.3, 0.4) is 0 Å². The highest BCUT2D eigenvalue weighted by Crippen LogP contribution is 2.39. The summed E-state index contributed by atoms with van der Waals surface area (Å²) >= 11 is 0. The van der Waals surface area contributed by atoms with E-state index in [2.05, 4.69) is 39.0 Å². The lowest BCUT2D eigenvalue weighted by Crippen LogP contribution is -2.35. The Morgan fingerprint density at radius 1 is 1.24 bits per heavy atom. The quantitative estimate of drug-likeness (QED) is 0.940. The highest BCUT2D eigenvalue weighted by Gasteiger charge is 2.37. The summed E-state index contributed by atoms with van der Waals surface area (Å²) < 4.78 is 2.24. The van der Waals surface area contributed by atoms with Gasteiger partial charge in [0.25, 0.3) is 0 Å². The van der Waals surface area contributed by atoms with Gasteiger partial charge in [0.15, 0.2) is 5.82 Å². The molecule has 2 atom stereocenters. The van der Waals surface area contributed by atoms with E-state index in [-0.39, 0.29) is 0 Å². The summed E-state index contributed by atoms with van der Waals surface area (Å²) in [7, 11) is 2.01. The molecule has 1 aliphatic heterocycles. The zero-order valence-electron chi connectivity index (χ0n) is 12.8. The molecule has 1 aliphatic carbocycles. The number of rotatable bonds is 3. The fourth-order valence-corrected chi connectivity index (χ4v) is 4.26. The average Bonchev–Trinajstić information content (AvgIpc) is 3.09. The number of nitrogens with zero attached hydrogens (tertiary/aromatic N) is 3. The summed E-state index contributed by atoms with van der Waals surface area (Å²) in [5.41, 5.74) is 2.37. The molecule has 1 saturated carbocycles. The minimum atomic E-state index is 0.722. The van der Waals surface area contributed by atoms with Gasteiger partial charge in [0.1, 0.15) is 5.65 Å². The van der Waals surface area contributed by atoms with Gasteiger partial charge >= 0.3 is 0 Å². The minimum absolute atomic E-state index is 0.722. The van der Waals surface area contributed by atoms with Crippen molar-refractivity contribution in [3.63, 3.8) is 0 Å². The lowest BCUT2D eigenvalue weighted by atomic mass is 9.85. The maximum Gasteiger partial charge on any atom is 0.152 e. The van der Waals surface area contributed by atoms with Crippen LogP contribution in [0.15, 0.2) is 24.4 Å². The molecule has 2 unspecified atom stereocenters. The number of anilines is 1. The lowest BCUT2D eigenvalue weighted by Gasteiger charge is -2.32. The summed E-state index contributed by atoms with van der Waals surface area (Å²) in [5, 5.41) is 3.31. The largest absolute Gasteiger partial charge is 0.352 e. The van der Waals surface area contributed by atoms with Gasteiger partial charge in [0, 0.05) is 25.3 Å². The Bertz CT molecular complexity index is 633. The van der Waals surface area contributed by atoms with Crippen LogP contribution in [0.4, 0.5) is 5.82 Å². The number of nitrogens with one attached hydrogen (secondary N) is 1. The van der Waals surface area contributed by atoms with E-state index in [1.54, 1.807) is 0 Å².